The van der Waals surface area contributed by atoms with Crippen LogP contribution in [0.2, 0.25) is 0 Å². The molecule has 0 amide bonds. The van der Waals surface area contributed by atoms with Crippen molar-refractivity contribution in [3.05, 3.63) is 34.5 Å². The molecule has 0 atom stereocenters. The summed E-state index contributed by atoms with van der Waals surface area (Å²) in [7, 11) is -11.4. The van der Waals surface area contributed by atoms with Gasteiger partial charge >= 0.3 is 5.51 Å². The Kier molecular flexibility index (Phi) is 5.55. The second-order valence-corrected chi connectivity index (χ2v) is 6.51. The van der Waals surface area contributed by atoms with Crippen LogP contribution in [-0.2, 0) is 24.5 Å². The van der Waals surface area contributed by atoms with Gasteiger partial charge in [0.1, 0.15) is 12.4 Å². The van der Waals surface area contributed by atoms with E-state index in [0.29, 0.717) is 5.75 Å². The molecule has 21 heavy (non-hydrogen) atoms. The van der Waals surface area contributed by atoms with Crippen LogP contribution >= 0.6 is 0 Å². The van der Waals surface area contributed by atoms with Crippen LogP contribution in [-0.4, -0.2) is 35.6 Å². The van der Waals surface area contributed by atoms with Crippen molar-refractivity contribution in [3.63, 3.8) is 0 Å². The Morgan fingerprint density at radius 3 is 2.10 bits per heavy atom. The molecule has 0 saturated heterocycles. The number of nitrogens with zero attached hydrogens (tertiary/aromatic N) is 1. The molecule has 0 aliphatic rings. The third kappa shape index (κ3) is 5.87. The van der Waals surface area contributed by atoms with Crippen LogP contribution in [0.3, 0.4) is 0 Å². The maximum absolute atomic E-state index is 11.9. The lowest BCUT2D eigenvalue weighted by Gasteiger charge is -2.21. The van der Waals surface area contributed by atoms with E-state index in [1.807, 2.05) is 0 Å². The van der Waals surface area contributed by atoms with Crippen molar-refractivity contribution in [1.29, 1.82) is 0 Å². The van der Waals surface area contributed by atoms with Gasteiger partial charge in [0, 0.05) is 0 Å². The van der Waals surface area contributed by atoms with Crippen LogP contribution in [0.1, 0.15) is 0 Å². The summed E-state index contributed by atoms with van der Waals surface area (Å²) in [6.45, 7) is -1.03. The molecule has 0 aliphatic heterocycles. The van der Waals surface area contributed by atoms with Gasteiger partial charge in [-0.15, -0.1) is 0 Å². The minimum atomic E-state index is -6.17. The highest BCUT2D eigenvalue weighted by molar-refractivity contribution is 8.10. The second-order valence-electron chi connectivity index (χ2n) is 3.41. The fourth-order valence-electron chi connectivity index (χ4n) is 1.000. The summed E-state index contributed by atoms with van der Waals surface area (Å²) in [5.74, 6) is 0.373. The Morgan fingerprint density at radius 2 is 1.57 bits per heavy atom. The molecule has 1 aromatic carbocycles. The first-order valence-corrected chi connectivity index (χ1v) is 7.97. The first-order chi connectivity index (χ1) is 9.54. The van der Waals surface area contributed by atoms with Crippen molar-refractivity contribution in [2.75, 3.05) is 13.2 Å². The van der Waals surface area contributed by atoms with Gasteiger partial charge < -0.3 is 8.86 Å². The first kappa shape index (κ1) is 17.7. The van der Waals surface area contributed by atoms with E-state index in [1.54, 1.807) is 34.5 Å². The predicted molar refractivity (Wildman–Crippen MR) is 65.1 cm³/mol. The van der Waals surface area contributed by atoms with E-state index in [1.165, 1.54) is 0 Å². The lowest BCUT2D eigenvalue weighted by atomic mass is 10.3. The molecule has 0 N–H and O–H groups in total. The van der Waals surface area contributed by atoms with Crippen LogP contribution in [0.25, 0.3) is 4.13 Å². The number of benzene rings is 1. The van der Waals surface area contributed by atoms with Gasteiger partial charge in [-0.2, -0.15) is 13.2 Å². The minimum absolute atomic E-state index is 0.329. The molecule has 7 nitrogen and oxygen atoms in total. The van der Waals surface area contributed by atoms with Gasteiger partial charge in [0.15, 0.2) is 10.0 Å². The predicted octanol–water partition coefficient (Wildman–Crippen LogP) is 1.55. The fraction of sp³-hybridized carbons (Fsp3) is 0.333. The zero-order valence-corrected chi connectivity index (χ0v) is 11.8. The van der Waals surface area contributed by atoms with Gasteiger partial charge in [-0.05, 0) is 12.1 Å². The number of rotatable bonds is 7. The Labute approximate surface area is 119 Å². The van der Waals surface area contributed by atoms with Gasteiger partial charge in [0.25, 0.3) is 0 Å². The van der Waals surface area contributed by atoms with Gasteiger partial charge in [0.2, 0.25) is 10.3 Å². The third-order valence-corrected chi connectivity index (χ3v) is 4.37. The molecule has 0 bridgehead atoms. The van der Waals surface area contributed by atoms with Crippen molar-refractivity contribution >= 4 is 20.3 Å². The highest BCUT2D eigenvalue weighted by Gasteiger charge is 2.40. The molecular weight excluding hydrogens is 339 g/mol. The summed E-state index contributed by atoms with van der Waals surface area (Å²) in [4.78, 5) is 0. The number of hydrogen-bond acceptors (Lipinski definition) is 6. The number of sulfonamides is 1. The molecule has 0 unspecified atom stereocenters. The van der Waals surface area contributed by atoms with Crippen molar-refractivity contribution in [2.45, 2.75) is 5.51 Å². The fourth-order valence-corrected chi connectivity index (χ4v) is 2.75. The first-order valence-electron chi connectivity index (χ1n) is 5.16. The number of ether oxygens (including phenoxy) is 1. The highest BCUT2D eigenvalue weighted by atomic mass is 32.3. The maximum Gasteiger partial charge on any atom is 0.480 e. The van der Waals surface area contributed by atoms with E-state index < -0.39 is 32.4 Å². The number of halogens is 3. The number of hydrogen-bond donors (Lipinski definition) is 0. The minimum Gasteiger partial charge on any atom is -0.491 e. The van der Waals surface area contributed by atoms with E-state index in [4.69, 9.17) is 4.74 Å². The SMILES string of the molecule is O=S(=O)([N-]S(=O)(=O)C(F)(F)F)OCCOc1ccccc1. The topological polar surface area (TPSA) is 101 Å². The van der Waals surface area contributed by atoms with Crippen molar-refractivity contribution < 1.29 is 38.9 Å². The Hall–Kier alpha value is -1.37. The van der Waals surface area contributed by atoms with E-state index in [-0.39, 0.29) is 6.61 Å². The van der Waals surface area contributed by atoms with Gasteiger partial charge in [0.05, 0.1) is 6.61 Å². The number of alkyl halides is 3. The molecule has 0 spiro atoms. The van der Waals surface area contributed by atoms with Crippen molar-refractivity contribution in [1.82, 2.24) is 0 Å². The van der Waals surface area contributed by atoms with Crippen molar-refractivity contribution in [2.24, 2.45) is 0 Å². The summed E-state index contributed by atoms with van der Waals surface area (Å²) in [6.07, 6.45) is 0. The molecule has 0 aliphatic carbocycles. The van der Waals surface area contributed by atoms with Crippen LogP contribution in [0.15, 0.2) is 30.3 Å². The Bertz CT molecular complexity index is 656. The molecule has 120 valence electrons. The zero-order valence-electron chi connectivity index (χ0n) is 10.1. The molecule has 0 fully saturated rings. The summed E-state index contributed by atoms with van der Waals surface area (Å²) >= 11 is 0. The normalized spacial score (nSPS) is 13.1. The molecule has 12 heteroatoms. The molecular formula is C9H9F3NO6S2-. The van der Waals surface area contributed by atoms with Crippen LogP contribution in [0, 0.1) is 0 Å². The van der Waals surface area contributed by atoms with Crippen LogP contribution in [0.5, 0.6) is 5.75 Å². The summed E-state index contributed by atoms with van der Waals surface area (Å²) in [5, 5.41) is 0. The van der Waals surface area contributed by atoms with Crippen LogP contribution < -0.4 is 4.74 Å². The van der Waals surface area contributed by atoms with Gasteiger partial charge in [-0.25, -0.2) is 16.8 Å². The molecule has 0 radical (unpaired) electrons. The van der Waals surface area contributed by atoms with E-state index in [9.17, 15) is 30.0 Å². The Balaban J connectivity index is 2.48. The summed E-state index contributed by atoms with van der Waals surface area (Å²) in [5.41, 5.74) is -5.82. The zero-order chi connectivity index (χ0) is 16.1. The lowest BCUT2D eigenvalue weighted by Crippen LogP contribution is -2.25. The summed E-state index contributed by atoms with van der Waals surface area (Å²) < 4.78 is 89.6. The lowest BCUT2D eigenvalue weighted by molar-refractivity contribution is -0.0425. The quantitative estimate of drug-likeness (QED) is 0.693. The third-order valence-electron chi connectivity index (χ3n) is 1.81. The monoisotopic (exact) mass is 348 g/mol. The molecule has 1 rings (SSSR count). The average molecular weight is 348 g/mol. The largest absolute Gasteiger partial charge is 0.491 e. The highest BCUT2D eigenvalue weighted by Crippen LogP contribution is 2.30. The average Bonchev–Trinajstić information content (AvgIpc) is 2.33. The Morgan fingerprint density at radius 1 is 1.00 bits per heavy atom. The standard InChI is InChI=1S/C9H9F3NO6S2/c10-9(11,12)20(14,15)13-21(16,17)19-7-6-18-8-4-2-1-3-5-8/h1-5H,6-7H2/q-1. The van der Waals surface area contributed by atoms with E-state index >= 15 is 0 Å². The number of para-hydroxylation sites is 1. The van der Waals surface area contributed by atoms with Crippen molar-refractivity contribution in [3.8, 4) is 5.75 Å². The molecule has 0 aromatic heterocycles. The molecule has 0 saturated carbocycles. The van der Waals surface area contributed by atoms with Gasteiger partial charge in [-0.1, -0.05) is 18.2 Å². The van der Waals surface area contributed by atoms with Gasteiger partial charge in [-0.3, -0.25) is 4.18 Å². The van der Waals surface area contributed by atoms with E-state index in [2.05, 4.69) is 4.18 Å². The second kappa shape index (κ2) is 6.60. The summed E-state index contributed by atoms with van der Waals surface area (Å²) in [6, 6.07) is 8.07. The molecule has 0 heterocycles. The van der Waals surface area contributed by atoms with E-state index in [0.717, 1.165) is 0 Å². The van der Waals surface area contributed by atoms with Crippen LogP contribution in [0.4, 0.5) is 13.2 Å². The maximum atomic E-state index is 11.9. The molecule has 1 aromatic rings. The smallest absolute Gasteiger partial charge is 0.480 e.